The lowest BCUT2D eigenvalue weighted by Crippen LogP contribution is -2.26. The number of nitrogens with zero attached hydrogens (tertiary/aromatic N) is 2. The van der Waals surface area contributed by atoms with E-state index < -0.39 is 0 Å². The van der Waals surface area contributed by atoms with Crippen LogP contribution >= 0.6 is 0 Å². The molecule has 16 heavy (non-hydrogen) atoms. The molecule has 0 aromatic carbocycles. The van der Waals surface area contributed by atoms with Crippen LogP contribution in [0.3, 0.4) is 0 Å². The van der Waals surface area contributed by atoms with Gasteiger partial charge in [-0.25, -0.2) is 0 Å². The minimum atomic E-state index is 0.769. The molecule has 0 amide bonds. The third-order valence-corrected chi connectivity index (χ3v) is 2.56. The maximum atomic E-state index is 11.1. The molecule has 0 atom stereocenters. The SMILES string of the molecule is Cc1c[n+]([O-])ccc1-c1cc[n+]([O-])cc1C. The molecule has 2 rings (SSSR count). The first-order valence-corrected chi connectivity index (χ1v) is 4.97. The van der Waals surface area contributed by atoms with E-state index in [0.717, 1.165) is 31.7 Å². The Bertz CT molecular complexity index is 489. The average Bonchev–Trinajstić information content (AvgIpc) is 2.19. The summed E-state index contributed by atoms with van der Waals surface area (Å²) in [5.74, 6) is 0. The summed E-state index contributed by atoms with van der Waals surface area (Å²) < 4.78 is 1.54. The number of aromatic nitrogens is 2. The monoisotopic (exact) mass is 216 g/mol. The zero-order valence-corrected chi connectivity index (χ0v) is 9.18. The number of hydrogen-bond acceptors (Lipinski definition) is 2. The van der Waals surface area contributed by atoms with Gasteiger partial charge in [-0.05, 0) is 25.0 Å². The molecular formula is C12H12N2O2. The summed E-state index contributed by atoms with van der Waals surface area (Å²) in [6.07, 6.45) is 5.96. The summed E-state index contributed by atoms with van der Waals surface area (Å²) >= 11 is 0. The van der Waals surface area contributed by atoms with Gasteiger partial charge in [-0.3, -0.25) is 0 Å². The van der Waals surface area contributed by atoms with Gasteiger partial charge < -0.3 is 10.4 Å². The van der Waals surface area contributed by atoms with E-state index in [0.29, 0.717) is 0 Å². The molecule has 2 aromatic rings. The minimum absolute atomic E-state index is 0.769. The zero-order chi connectivity index (χ0) is 11.7. The van der Waals surface area contributed by atoms with Gasteiger partial charge in [0.25, 0.3) is 0 Å². The smallest absolute Gasteiger partial charge is 0.183 e. The molecule has 0 aliphatic heterocycles. The molecule has 0 bridgehead atoms. The van der Waals surface area contributed by atoms with Gasteiger partial charge in [0.05, 0.1) is 0 Å². The first-order chi connectivity index (χ1) is 7.58. The first kappa shape index (κ1) is 10.4. The van der Waals surface area contributed by atoms with Crippen molar-refractivity contribution in [3.63, 3.8) is 0 Å². The van der Waals surface area contributed by atoms with Gasteiger partial charge in [0.15, 0.2) is 24.8 Å². The fourth-order valence-electron chi connectivity index (χ4n) is 1.77. The van der Waals surface area contributed by atoms with E-state index in [4.69, 9.17) is 0 Å². The van der Waals surface area contributed by atoms with Crippen LogP contribution < -0.4 is 9.46 Å². The lowest BCUT2D eigenvalue weighted by Gasteiger charge is -2.08. The van der Waals surface area contributed by atoms with Crippen molar-refractivity contribution >= 4 is 0 Å². The van der Waals surface area contributed by atoms with Crippen LogP contribution in [-0.2, 0) is 0 Å². The van der Waals surface area contributed by atoms with E-state index in [1.54, 1.807) is 12.1 Å². The summed E-state index contributed by atoms with van der Waals surface area (Å²) in [6.45, 7) is 3.75. The maximum Gasteiger partial charge on any atom is 0.183 e. The lowest BCUT2D eigenvalue weighted by atomic mass is 10.0. The molecule has 0 saturated heterocycles. The van der Waals surface area contributed by atoms with E-state index in [1.165, 1.54) is 24.8 Å². The normalized spacial score (nSPS) is 10.4. The molecule has 2 heterocycles. The zero-order valence-electron chi connectivity index (χ0n) is 9.18. The molecule has 0 aliphatic rings. The highest BCUT2D eigenvalue weighted by atomic mass is 16.5. The third-order valence-electron chi connectivity index (χ3n) is 2.56. The van der Waals surface area contributed by atoms with Crippen molar-refractivity contribution in [1.29, 1.82) is 0 Å². The van der Waals surface area contributed by atoms with Gasteiger partial charge in [0, 0.05) is 23.3 Å². The van der Waals surface area contributed by atoms with Crippen molar-refractivity contribution in [3.05, 3.63) is 58.5 Å². The Kier molecular flexibility index (Phi) is 2.48. The second-order valence-corrected chi connectivity index (χ2v) is 3.80. The molecule has 4 nitrogen and oxygen atoms in total. The van der Waals surface area contributed by atoms with Crippen LogP contribution in [0.5, 0.6) is 0 Å². The van der Waals surface area contributed by atoms with Gasteiger partial charge >= 0.3 is 0 Å². The van der Waals surface area contributed by atoms with Crippen LogP contribution in [0.2, 0.25) is 0 Å². The number of pyridine rings is 2. The fourth-order valence-corrected chi connectivity index (χ4v) is 1.77. The maximum absolute atomic E-state index is 11.1. The van der Waals surface area contributed by atoms with E-state index in [9.17, 15) is 10.4 Å². The Morgan fingerprint density at radius 2 is 1.19 bits per heavy atom. The van der Waals surface area contributed by atoms with Gasteiger partial charge in [-0.2, -0.15) is 9.46 Å². The highest BCUT2D eigenvalue weighted by Crippen LogP contribution is 2.23. The summed E-state index contributed by atoms with van der Waals surface area (Å²) in [4.78, 5) is 0. The molecule has 2 aromatic heterocycles. The van der Waals surface area contributed by atoms with E-state index >= 15 is 0 Å². The van der Waals surface area contributed by atoms with Gasteiger partial charge in [-0.1, -0.05) is 0 Å². The Morgan fingerprint density at radius 3 is 1.50 bits per heavy atom. The molecule has 0 fully saturated rings. The Morgan fingerprint density at radius 1 is 0.812 bits per heavy atom. The van der Waals surface area contributed by atoms with Crippen molar-refractivity contribution in [1.82, 2.24) is 0 Å². The van der Waals surface area contributed by atoms with Crippen molar-refractivity contribution in [2.75, 3.05) is 0 Å². The summed E-state index contributed by atoms with van der Waals surface area (Å²) in [7, 11) is 0. The molecular weight excluding hydrogens is 204 g/mol. The lowest BCUT2D eigenvalue weighted by molar-refractivity contribution is -0.606. The van der Waals surface area contributed by atoms with Crippen molar-refractivity contribution in [2.24, 2.45) is 0 Å². The summed E-state index contributed by atoms with van der Waals surface area (Å²) in [6, 6.07) is 3.53. The van der Waals surface area contributed by atoms with Crippen molar-refractivity contribution in [2.45, 2.75) is 13.8 Å². The van der Waals surface area contributed by atoms with Crippen LogP contribution in [0.25, 0.3) is 11.1 Å². The van der Waals surface area contributed by atoms with E-state index in [2.05, 4.69) is 0 Å². The highest BCUT2D eigenvalue weighted by molar-refractivity contribution is 5.68. The molecule has 0 spiro atoms. The predicted octanol–water partition coefficient (Wildman–Crippen LogP) is 1.24. The molecule has 0 N–H and O–H groups in total. The van der Waals surface area contributed by atoms with E-state index in [1.807, 2.05) is 13.8 Å². The number of rotatable bonds is 1. The Hall–Kier alpha value is -2.10. The summed E-state index contributed by atoms with van der Waals surface area (Å²) in [5.41, 5.74) is 3.74. The fraction of sp³-hybridized carbons (Fsp3) is 0.167. The number of aryl methyl sites for hydroxylation is 2. The second kappa shape index (κ2) is 3.81. The van der Waals surface area contributed by atoms with Crippen LogP contribution in [0, 0.1) is 24.3 Å². The van der Waals surface area contributed by atoms with E-state index in [-0.39, 0.29) is 0 Å². The van der Waals surface area contributed by atoms with Crippen molar-refractivity contribution in [3.8, 4) is 11.1 Å². The van der Waals surface area contributed by atoms with Gasteiger partial charge in [0.1, 0.15) is 0 Å². The summed E-state index contributed by atoms with van der Waals surface area (Å²) in [5, 5.41) is 22.2. The Balaban J connectivity index is 2.59. The molecule has 0 saturated carbocycles. The largest absolute Gasteiger partial charge is 0.619 e. The Labute approximate surface area is 93.6 Å². The van der Waals surface area contributed by atoms with Gasteiger partial charge in [-0.15, -0.1) is 0 Å². The van der Waals surface area contributed by atoms with Gasteiger partial charge in [0.2, 0.25) is 0 Å². The molecule has 82 valence electrons. The van der Waals surface area contributed by atoms with Crippen molar-refractivity contribution < 1.29 is 9.46 Å². The van der Waals surface area contributed by atoms with Crippen LogP contribution in [-0.4, -0.2) is 0 Å². The third kappa shape index (κ3) is 1.82. The first-order valence-electron chi connectivity index (χ1n) is 4.97. The molecule has 0 unspecified atom stereocenters. The predicted molar refractivity (Wildman–Crippen MR) is 59.3 cm³/mol. The molecule has 0 aliphatic carbocycles. The highest BCUT2D eigenvalue weighted by Gasteiger charge is 2.09. The average molecular weight is 216 g/mol. The van der Waals surface area contributed by atoms with Crippen LogP contribution in [0.4, 0.5) is 0 Å². The minimum Gasteiger partial charge on any atom is -0.619 e. The quantitative estimate of drug-likeness (QED) is 0.532. The van der Waals surface area contributed by atoms with Crippen LogP contribution in [0.1, 0.15) is 11.1 Å². The number of hydrogen-bond donors (Lipinski definition) is 0. The molecule has 4 heteroatoms. The standard InChI is InChI=1S/C12H12N2O2/c1-9-7-13(15)5-3-11(9)12-4-6-14(16)8-10(12)2/h3-8H,1-2H3. The topological polar surface area (TPSA) is 53.9 Å². The van der Waals surface area contributed by atoms with Crippen LogP contribution in [0.15, 0.2) is 36.9 Å². The molecule has 0 radical (unpaired) electrons. The second-order valence-electron chi connectivity index (χ2n) is 3.80.